The highest BCUT2D eigenvalue weighted by molar-refractivity contribution is 5.81. The minimum atomic E-state index is -0.426. The number of aryl methyl sites for hydroxylation is 2. The Kier molecular flexibility index (Phi) is 11.2. The van der Waals surface area contributed by atoms with Crippen molar-refractivity contribution in [1.82, 2.24) is 0 Å². The SMILES string of the molecule is C=CC(=O)OCCCCc1ccc(N(c2ccc(C)cc2)c2ccc(OCCCOC(=O)C=C)cc2)cc1. The van der Waals surface area contributed by atoms with Crippen LogP contribution in [0, 0.1) is 6.92 Å². The maximum Gasteiger partial charge on any atom is 0.330 e. The van der Waals surface area contributed by atoms with Crippen LogP contribution in [-0.4, -0.2) is 31.8 Å². The van der Waals surface area contributed by atoms with E-state index in [1.165, 1.54) is 17.2 Å². The Bertz CT molecular complexity index is 1110. The van der Waals surface area contributed by atoms with Gasteiger partial charge in [0.1, 0.15) is 5.75 Å². The summed E-state index contributed by atoms with van der Waals surface area (Å²) in [5, 5.41) is 0. The Balaban J connectivity index is 1.65. The Morgan fingerprint density at radius 3 is 1.74 bits per heavy atom. The lowest BCUT2D eigenvalue weighted by atomic mass is 10.1. The van der Waals surface area contributed by atoms with Gasteiger partial charge in [-0.15, -0.1) is 0 Å². The van der Waals surface area contributed by atoms with Gasteiger partial charge in [-0.3, -0.25) is 0 Å². The van der Waals surface area contributed by atoms with Gasteiger partial charge < -0.3 is 19.1 Å². The fraction of sp³-hybridized carbons (Fsp3) is 0.250. The average molecular weight is 514 g/mol. The molecule has 198 valence electrons. The first-order valence-electron chi connectivity index (χ1n) is 12.8. The summed E-state index contributed by atoms with van der Waals surface area (Å²) in [7, 11) is 0. The number of carbonyl (C=O) groups excluding carboxylic acids is 2. The molecule has 0 saturated carbocycles. The van der Waals surface area contributed by atoms with Gasteiger partial charge in [-0.25, -0.2) is 9.59 Å². The van der Waals surface area contributed by atoms with Crippen molar-refractivity contribution in [2.24, 2.45) is 0 Å². The molecule has 0 saturated heterocycles. The lowest BCUT2D eigenvalue weighted by Crippen LogP contribution is -2.10. The third-order valence-electron chi connectivity index (χ3n) is 5.82. The maximum absolute atomic E-state index is 11.1. The Hall–Kier alpha value is -4.32. The molecule has 0 N–H and O–H groups in total. The van der Waals surface area contributed by atoms with E-state index in [2.05, 4.69) is 73.5 Å². The van der Waals surface area contributed by atoms with Crippen molar-refractivity contribution in [3.05, 3.63) is 109 Å². The molecule has 0 spiro atoms. The lowest BCUT2D eigenvalue weighted by molar-refractivity contribution is -0.138. The van der Waals surface area contributed by atoms with Gasteiger partial charge in [-0.1, -0.05) is 43.0 Å². The van der Waals surface area contributed by atoms with Gasteiger partial charge in [-0.2, -0.15) is 0 Å². The summed E-state index contributed by atoms with van der Waals surface area (Å²) >= 11 is 0. The second-order valence-corrected chi connectivity index (χ2v) is 8.73. The summed E-state index contributed by atoms with van der Waals surface area (Å²) in [6, 6.07) is 24.9. The molecule has 0 atom stereocenters. The first kappa shape index (κ1) is 28.3. The second kappa shape index (κ2) is 15.1. The third kappa shape index (κ3) is 8.96. The van der Waals surface area contributed by atoms with Crippen LogP contribution < -0.4 is 9.64 Å². The molecule has 0 radical (unpaired) electrons. The first-order valence-corrected chi connectivity index (χ1v) is 12.8. The van der Waals surface area contributed by atoms with Crippen molar-refractivity contribution in [2.45, 2.75) is 32.6 Å². The van der Waals surface area contributed by atoms with E-state index in [0.717, 1.165) is 48.2 Å². The van der Waals surface area contributed by atoms with Gasteiger partial charge in [-0.05, 0) is 80.3 Å². The summed E-state index contributed by atoms with van der Waals surface area (Å²) in [5.74, 6) is -0.0522. The molecule has 0 aliphatic rings. The lowest BCUT2D eigenvalue weighted by Gasteiger charge is -2.26. The van der Waals surface area contributed by atoms with Crippen molar-refractivity contribution in [3.8, 4) is 5.75 Å². The summed E-state index contributed by atoms with van der Waals surface area (Å²) in [6.07, 6.45) is 5.60. The standard InChI is InChI=1S/C32H35NO5/c1-4-31(34)37-22-7-6-9-26-12-16-28(17-13-26)33(27-14-10-25(3)11-15-27)29-18-20-30(21-19-29)36-23-8-24-38-32(35)5-2/h4-5,10-21H,1-2,6-9,22-24H2,3H3. The van der Waals surface area contributed by atoms with E-state index in [-0.39, 0.29) is 5.97 Å². The number of ether oxygens (including phenoxy) is 3. The van der Waals surface area contributed by atoms with Crippen molar-refractivity contribution < 1.29 is 23.8 Å². The van der Waals surface area contributed by atoms with Gasteiger partial charge in [0.05, 0.1) is 19.8 Å². The molecule has 6 heteroatoms. The molecule has 3 rings (SSSR count). The van der Waals surface area contributed by atoms with Crippen molar-refractivity contribution >= 4 is 29.0 Å². The zero-order valence-electron chi connectivity index (χ0n) is 21.9. The molecular formula is C32H35NO5. The van der Waals surface area contributed by atoms with Gasteiger partial charge in [0.2, 0.25) is 0 Å². The van der Waals surface area contributed by atoms with Crippen LogP contribution >= 0.6 is 0 Å². The van der Waals surface area contributed by atoms with E-state index in [1.807, 2.05) is 24.3 Å². The highest BCUT2D eigenvalue weighted by Gasteiger charge is 2.13. The predicted molar refractivity (Wildman–Crippen MR) is 151 cm³/mol. The Morgan fingerprint density at radius 1 is 0.684 bits per heavy atom. The molecule has 0 bridgehead atoms. The zero-order valence-corrected chi connectivity index (χ0v) is 21.9. The highest BCUT2D eigenvalue weighted by atomic mass is 16.5. The summed E-state index contributed by atoms with van der Waals surface area (Å²) in [5.41, 5.74) is 5.55. The van der Waals surface area contributed by atoms with Crippen LogP contribution in [0.4, 0.5) is 17.1 Å². The molecule has 0 amide bonds. The Labute approximate surface area is 225 Å². The highest BCUT2D eigenvalue weighted by Crippen LogP contribution is 2.35. The van der Waals surface area contributed by atoms with Crippen LogP contribution in [0.2, 0.25) is 0 Å². The fourth-order valence-corrected chi connectivity index (χ4v) is 3.79. The van der Waals surface area contributed by atoms with Gasteiger partial charge in [0, 0.05) is 35.6 Å². The molecule has 0 aliphatic carbocycles. The largest absolute Gasteiger partial charge is 0.493 e. The quantitative estimate of drug-likeness (QED) is 0.124. The maximum atomic E-state index is 11.1. The molecule has 0 fully saturated rings. The van der Waals surface area contributed by atoms with E-state index in [9.17, 15) is 9.59 Å². The monoisotopic (exact) mass is 513 g/mol. The summed E-state index contributed by atoms with van der Waals surface area (Å²) < 4.78 is 15.8. The number of esters is 2. The smallest absolute Gasteiger partial charge is 0.330 e. The summed E-state index contributed by atoms with van der Waals surface area (Å²) in [4.78, 5) is 24.5. The van der Waals surface area contributed by atoms with Crippen LogP contribution in [-0.2, 0) is 25.5 Å². The van der Waals surface area contributed by atoms with E-state index in [4.69, 9.17) is 14.2 Å². The van der Waals surface area contributed by atoms with Crippen LogP contribution in [0.5, 0.6) is 5.75 Å². The molecule has 3 aromatic rings. The number of benzene rings is 3. The van der Waals surface area contributed by atoms with Crippen LogP contribution in [0.1, 0.15) is 30.4 Å². The van der Waals surface area contributed by atoms with Crippen LogP contribution in [0.25, 0.3) is 0 Å². The van der Waals surface area contributed by atoms with E-state index < -0.39 is 5.97 Å². The van der Waals surface area contributed by atoms with Gasteiger partial charge in [0.15, 0.2) is 0 Å². The molecule has 3 aromatic carbocycles. The van der Waals surface area contributed by atoms with Crippen LogP contribution in [0.3, 0.4) is 0 Å². The average Bonchev–Trinajstić information content (AvgIpc) is 2.95. The second-order valence-electron chi connectivity index (χ2n) is 8.73. The topological polar surface area (TPSA) is 65.1 Å². The van der Waals surface area contributed by atoms with Crippen molar-refractivity contribution in [1.29, 1.82) is 0 Å². The number of carbonyl (C=O) groups is 2. The zero-order chi connectivity index (χ0) is 27.2. The number of nitrogens with zero attached hydrogens (tertiary/aromatic N) is 1. The summed E-state index contributed by atoms with van der Waals surface area (Å²) in [6.45, 7) is 10.0. The van der Waals surface area contributed by atoms with Gasteiger partial charge in [0.25, 0.3) is 0 Å². The minimum absolute atomic E-state index is 0.295. The third-order valence-corrected chi connectivity index (χ3v) is 5.82. The van der Waals surface area contributed by atoms with E-state index in [0.29, 0.717) is 26.2 Å². The normalized spacial score (nSPS) is 10.3. The molecule has 38 heavy (non-hydrogen) atoms. The van der Waals surface area contributed by atoms with Crippen LogP contribution in [0.15, 0.2) is 98.1 Å². The van der Waals surface area contributed by atoms with Crippen molar-refractivity contribution in [3.63, 3.8) is 0 Å². The van der Waals surface area contributed by atoms with E-state index >= 15 is 0 Å². The number of rotatable bonds is 15. The molecule has 6 nitrogen and oxygen atoms in total. The molecule has 0 unspecified atom stereocenters. The minimum Gasteiger partial charge on any atom is -0.493 e. The predicted octanol–water partition coefficient (Wildman–Crippen LogP) is 7.01. The number of unbranched alkanes of at least 4 members (excludes halogenated alkanes) is 1. The fourth-order valence-electron chi connectivity index (χ4n) is 3.79. The molecule has 0 heterocycles. The molecule has 0 aliphatic heterocycles. The first-order chi connectivity index (χ1) is 18.5. The van der Waals surface area contributed by atoms with Crippen molar-refractivity contribution in [2.75, 3.05) is 24.7 Å². The Morgan fingerprint density at radius 2 is 1.18 bits per heavy atom. The van der Waals surface area contributed by atoms with Gasteiger partial charge >= 0.3 is 11.9 Å². The number of hydrogen-bond acceptors (Lipinski definition) is 6. The van der Waals surface area contributed by atoms with E-state index in [1.54, 1.807) is 0 Å². The molecule has 0 aromatic heterocycles. The number of anilines is 3. The molecular weight excluding hydrogens is 478 g/mol. The number of hydrogen-bond donors (Lipinski definition) is 0.